The average molecular weight is 308 g/mol. The molecule has 3 nitrogen and oxygen atoms in total. The molecule has 0 spiro atoms. The van der Waals surface area contributed by atoms with Gasteiger partial charge in [0.05, 0.1) is 5.92 Å². The minimum Gasteiger partial charge on any atom is -0.481 e. The molecule has 0 amide bonds. The van der Waals surface area contributed by atoms with E-state index >= 15 is 0 Å². The third kappa shape index (κ3) is 7.65. The smallest absolute Gasteiger partial charge is 0.411 e. The molecule has 0 heterocycles. The number of aliphatic carboxylic acids is 1. The van der Waals surface area contributed by atoms with E-state index in [0.717, 1.165) is 0 Å². The zero-order chi connectivity index (χ0) is 15.9. The molecule has 0 saturated heterocycles. The van der Waals surface area contributed by atoms with E-state index in [9.17, 15) is 22.4 Å². The summed E-state index contributed by atoms with van der Waals surface area (Å²) < 4.78 is 52.9. The van der Waals surface area contributed by atoms with Crippen LogP contribution in [0.15, 0.2) is 24.3 Å². The van der Waals surface area contributed by atoms with Crippen LogP contribution in [-0.2, 0) is 16.0 Å². The van der Waals surface area contributed by atoms with Gasteiger partial charge in [0.25, 0.3) is 0 Å². The number of hydrogen-bond acceptors (Lipinski definition) is 2. The molecule has 0 fully saturated rings. The molecule has 0 aliphatic heterocycles. The second-order valence-electron chi connectivity index (χ2n) is 4.68. The first-order chi connectivity index (χ1) is 9.78. The van der Waals surface area contributed by atoms with Gasteiger partial charge in [-0.15, -0.1) is 0 Å². The number of carbonyl (C=O) groups is 1. The number of ether oxygens (including phenoxy) is 1. The van der Waals surface area contributed by atoms with Crippen molar-refractivity contribution in [3.8, 4) is 0 Å². The van der Waals surface area contributed by atoms with Crippen LogP contribution in [-0.4, -0.2) is 30.5 Å². The van der Waals surface area contributed by atoms with Gasteiger partial charge in [0.2, 0.25) is 0 Å². The Labute approximate surface area is 119 Å². The Morgan fingerprint density at radius 2 is 2.05 bits per heavy atom. The van der Waals surface area contributed by atoms with Crippen molar-refractivity contribution in [2.45, 2.75) is 25.4 Å². The van der Waals surface area contributed by atoms with Crippen molar-refractivity contribution in [3.05, 3.63) is 35.6 Å². The summed E-state index contributed by atoms with van der Waals surface area (Å²) in [6.07, 6.45) is -3.88. The molecule has 0 aliphatic rings. The molecule has 1 unspecified atom stereocenters. The SMILES string of the molecule is O=C(O)C(CCCOCC(F)(F)F)Cc1cccc(F)c1. The number of halogens is 4. The van der Waals surface area contributed by atoms with Crippen LogP contribution in [0.25, 0.3) is 0 Å². The highest BCUT2D eigenvalue weighted by molar-refractivity contribution is 5.70. The van der Waals surface area contributed by atoms with Gasteiger partial charge in [-0.25, -0.2) is 4.39 Å². The van der Waals surface area contributed by atoms with Crippen LogP contribution >= 0.6 is 0 Å². The monoisotopic (exact) mass is 308 g/mol. The average Bonchev–Trinajstić information content (AvgIpc) is 2.35. The first-order valence-electron chi connectivity index (χ1n) is 6.39. The molecule has 1 aromatic rings. The van der Waals surface area contributed by atoms with Crippen LogP contribution < -0.4 is 0 Å². The van der Waals surface area contributed by atoms with Gasteiger partial charge in [0.15, 0.2) is 0 Å². The van der Waals surface area contributed by atoms with E-state index in [1.807, 2.05) is 0 Å². The van der Waals surface area contributed by atoms with Gasteiger partial charge >= 0.3 is 12.1 Å². The highest BCUT2D eigenvalue weighted by Crippen LogP contribution is 2.17. The highest BCUT2D eigenvalue weighted by Gasteiger charge is 2.27. The van der Waals surface area contributed by atoms with Gasteiger partial charge in [-0.3, -0.25) is 4.79 Å². The van der Waals surface area contributed by atoms with Gasteiger partial charge in [-0.2, -0.15) is 13.2 Å². The number of alkyl halides is 3. The van der Waals surface area contributed by atoms with E-state index in [2.05, 4.69) is 4.74 Å². The second kappa shape index (κ2) is 7.97. The first kappa shape index (κ1) is 17.4. The maximum Gasteiger partial charge on any atom is 0.411 e. The van der Waals surface area contributed by atoms with E-state index in [0.29, 0.717) is 5.56 Å². The van der Waals surface area contributed by atoms with Crippen molar-refractivity contribution in [2.24, 2.45) is 5.92 Å². The summed E-state index contributed by atoms with van der Waals surface area (Å²) in [5.41, 5.74) is 0.540. The van der Waals surface area contributed by atoms with Gasteiger partial charge < -0.3 is 9.84 Å². The molecular formula is C14H16F4O3. The lowest BCUT2D eigenvalue weighted by Crippen LogP contribution is -2.19. The predicted molar refractivity (Wildman–Crippen MR) is 67.3 cm³/mol. The van der Waals surface area contributed by atoms with Crippen LogP contribution in [0.4, 0.5) is 17.6 Å². The number of rotatable bonds is 8. The fourth-order valence-corrected chi connectivity index (χ4v) is 1.88. The normalized spacial score (nSPS) is 13.1. The number of benzene rings is 1. The Morgan fingerprint density at radius 3 is 2.62 bits per heavy atom. The summed E-state index contributed by atoms with van der Waals surface area (Å²) in [7, 11) is 0. The molecule has 1 rings (SSSR count). The van der Waals surface area contributed by atoms with E-state index < -0.39 is 30.5 Å². The van der Waals surface area contributed by atoms with Crippen molar-refractivity contribution in [2.75, 3.05) is 13.2 Å². The Hall–Kier alpha value is -1.63. The Balaban J connectivity index is 2.39. The summed E-state index contributed by atoms with van der Waals surface area (Å²) in [5, 5.41) is 9.08. The lowest BCUT2D eigenvalue weighted by molar-refractivity contribution is -0.174. The van der Waals surface area contributed by atoms with Gasteiger partial charge in [-0.05, 0) is 37.0 Å². The third-order valence-electron chi connectivity index (χ3n) is 2.83. The number of hydrogen-bond donors (Lipinski definition) is 1. The fraction of sp³-hybridized carbons (Fsp3) is 0.500. The van der Waals surface area contributed by atoms with Gasteiger partial charge in [0.1, 0.15) is 12.4 Å². The largest absolute Gasteiger partial charge is 0.481 e. The molecule has 0 aromatic heterocycles. The molecule has 118 valence electrons. The molecule has 0 radical (unpaired) electrons. The molecule has 1 atom stereocenters. The zero-order valence-electron chi connectivity index (χ0n) is 11.2. The lowest BCUT2D eigenvalue weighted by Gasteiger charge is -2.13. The summed E-state index contributed by atoms with van der Waals surface area (Å²) in [6.45, 7) is -1.50. The molecule has 7 heteroatoms. The van der Waals surface area contributed by atoms with Crippen LogP contribution in [0.1, 0.15) is 18.4 Å². The molecule has 0 bridgehead atoms. The third-order valence-corrected chi connectivity index (χ3v) is 2.83. The Morgan fingerprint density at radius 1 is 1.33 bits per heavy atom. The van der Waals surface area contributed by atoms with Crippen LogP contribution in [0, 0.1) is 11.7 Å². The quantitative estimate of drug-likeness (QED) is 0.591. The van der Waals surface area contributed by atoms with Crippen molar-refractivity contribution >= 4 is 5.97 Å². The summed E-state index contributed by atoms with van der Waals surface area (Å²) >= 11 is 0. The van der Waals surface area contributed by atoms with Crippen molar-refractivity contribution in [3.63, 3.8) is 0 Å². The van der Waals surface area contributed by atoms with E-state index in [4.69, 9.17) is 5.11 Å². The Kier molecular flexibility index (Phi) is 6.61. The van der Waals surface area contributed by atoms with E-state index in [1.165, 1.54) is 18.2 Å². The maximum atomic E-state index is 13.0. The summed E-state index contributed by atoms with van der Waals surface area (Å²) in [4.78, 5) is 11.1. The first-order valence-corrected chi connectivity index (χ1v) is 6.39. The van der Waals surface area contributed by atoms with Gasteiger partial charge in [0, 0.05) is 6.61 Å². The molecule has 21 heavy (non-hydrogen) atoms. The van der Waals surface area contributed by atoms with Crippen molar-refractivity contribution in [1.82, 2.24) is 0 Å². The molecule has 0 saturated carbocycles. The number of carboxylic acids is 1. The van der Waals surface area contributed by atoms with Crippen LogP contribution in [0.5, 0.6) is 0 Å². The van der Waals surface area contributed by atoms with Gasteiger partial charge in [-0.1, -0.05) is 12.1 Å². The van der Waals surface area contributed by atoms with Crippen LogP contribution in [0.2, 0.25) is 0 Å². The van der Waals surface area contributed by atoms with Crippen LogP contribution in [0.3, 0.4) is 0 Å². The number of carboxylic acid groups (broad SMARTS) is 1. The standard InChI is InChI=1S/C14H16F4O3/c15-12-5-1-3-10(8-12)7-11(13(19)20)4-2-6-21-9-14(16,17)18/h1,3,5,8,11H,2,4,6-7,9H2,(H,19,20). The minimum absolute atomic E-state index is 0.131. The lowest BCUT2D eigenvalue weighted by atomic mass is 9.95. The summed E-state index contributed by atoms with van der Waals surface area (Å²) in [5.74, 6) is -2.29. The van der Waals surface area contributed by atoms with E-state index in [1.54, 1.807) is 6.07 Å². The predicted octanol–water partition coefficient (Wildman–Crippen LogP) is 3.43. The fourth-order valence-electron chi connectivity index (χ4n) is 1.88. The second-order valence-corrected chi connectivity index (χ2v) is 4.68. The summed E-state index contributed by atoms with van der Waals surface area (Å²) in [6, 6.07) is 5.59. The highest BCUT2D eigenvalue weighted by atomic mass is 19.4. The van der Waals surface area contributed by atoms with E-state index in [-0.39, 0.29) is 25.9 Å². The molecular weight excluding hydrogens is 292 g/mol. The molecule has 0 aliphatic carbocycles. The van der Waals surface area contributed by atoms with Crippen molar-refractivity contribution in [1.29, 1.82) is 0 Å². The molecule has 1 aromatic carbocycles. The topological polar surface area (TPSA) is 46.5 Å². The minimum atomic E-state index is -4.38. The van der Waals surface area contributed by atoms with Crippen molar-refractivity contribution < 1.29 is 32.2 Å². The maximum absolute atomic E-state index is 13.0. The zero-order valence-corrected chi connectivity index (χ0v) is 11.2. The molecule has 1 N–H and O–H groups in total. The Bertz CT molecular complexity index is 460.